The Balaban J connectivity index is 2.27. The fraction of sp³-hybridized carbons (Fsp3) is 0.600. The van der Waals surface area contributed by atoms with Gasteiger partial charge in [0.15, 0.2) is 0 Å². The number of nitrogen functional groups attached to an aromatic ring is 1. The van der Waals surface area contributed by atoms with Gasteiger partial charge in [-0.05, 0) is 49.3 Å². The van der Waals surface area contributed by atoms with Crippen LogP contribution in [0.25, 0.3) is 0 Å². The van der Waals surface area contributed by atoms with Crippen LogP contribution in [0.4, 0.5) is 11.4 Å². The zero-order chi connectivity index (χ0) is 13.3. The van der Waals surface area contributed by atoms with Gasteiger partial charge >= 0.3 is 0 Å². The van der Waals surface area contributed by atoms with Crippen LogP contribution in [0.1, 0.15) is 38.7 Å². The summed E-state index contributed by atoms with van der Waals surface area (Å²) in [6, 6.07) is 4.00. The molecular formula is C15H23ClN2. The van der Waals surface area contributed by atoms with E-state index in [0.29, 0.717) is 16.1 Å². The minimum atomic E-state index is 0.486. The van der Waals surface area contributed by atoms with E-state index in [9.17, 15) is 0 Å². The zero-order valence-corrected chi connectivity index (χ0v) is 12.3. The highest BCUT2D eigenvalue weighted by molar-refractivity contribution is 6.33. The quantitative estimate of drug-likeness (QED) is 0.829. The molecule has 0 saturated carbocycles. The molecule has 0 atom stereocenters. The smallest absolute Gasteiger partial charge is 0.0656 e. The van der Waals surface area contributed by atoms with Crippen LogP contribution in [0.3, 0.4) is 0 Å². The van der Waals surface area contributed by atoms with Crippen molar-refractivity contribution >= 4 is 23.0 Å². The number of hydrogen-bond donors (Lipinski definition) is 1. The number of aryl methyl sites for hydroxylation is 1. The fourth-order valence-electron chi connectivity index (χ4n) is 3.00. The zero-order valence-electron chi connectivity index (χ0n) is 11.6. The Morgan fingerprint density at radius 2 is 2.00 bits per heavy atom. The summed E-state index contributed by atoms with van der Waals surface area (Å²) in [6.07, 6.45) is 3.78. The summed E-state index contributed by atoms with van der Waals surface area (Å²) in [7, 11) is 0. The summed E-state index contributed by atoms with van der Waals surface area (Å²) in [5.74, 6) is 0. The topological polar surface area (TPSA) is 29.3 Å². The number of anilines is 2. The monoisotopic (exact) mass is 266 g/mol. The summed E-state index contributed by atoms with van der Waals surface area (Å²) >= 11 is 6.15. The molecule has 0 bridgehead atoms. The molecule has 100 valence electrons. The molecule has 0 aliphatic carbocycles. The summed E-state index contributed by atoms with van der Waals surface area (Å²) in [5.41, 5.74) is 9.48. The van der Waals surface area contributed by atoms with E-state index in [0.717, 1.165) is 13.1 Å². The Kier molecular flexibility index (Phi) is 3.76. The van der Waals surface area contributed by atoms with Crippen molar-refractivity contribution in [2.24, 2.45) is 5.41 Å². The molecule has 1 saturated heterocycles. The van der Waals surface area contributed by atoms with E-state index >= 15 is 0 Å². The second kappa shape index (κ2) is 5.00. The van der Waals surface area contributed by atoms with Gasteiger partial charge in [0.1, 0.15) is 0 Å². The van der Waals surface area contributed by atoms with E-state index in [4.69, 9.17) is 17.3 Å². The lowest BCUT2D eigenvalue weighted by Gasteiger charge is -2.28. The summed E-state index contributed by atoms with van der Waals surface area (Å²) < 4.78 is 0. The van der Waals surface area contributed by atoms with E-state index in [2.05, 4.69) is 25.7 Å². The van der Waals surface area contributed by atoms with Crippen molar-refractivity contribution in [2.75, 3.05) is 23.7 Å². The molecular weight excluding hydrogens is 244 g/mol. The minimum absolute atomic E-state index is 0.486. The molecule has 2 N–H and O–H groups in total. The van der Waals surface area contributed by atoms with Crippen LogP contribution in [-0.2, 0) is 0 Å². The summed E-state index contributed by atoms with van der Waals surface area (Å²) in [5, 5.41) is 0.668. The van der Waals surface area contributed by atoms with Crippen LogP contribution >= 0.6 is 11.6 Å². The lowest BCUT2D eigenvalue weighted by Crippen LogP contribution is -2.26. The van der Waals surface area contributed by atoms with Crippen LogP contribution < -0.4 is 10.6 Å². The molecule has 0 aromatic heterocycles. The van der Waals surface area contributed by atoms with Crippen molar-refractivity contribution in [3.05, 3.63) is 22.7 Å². The maximum absolute atomic E-state index is 6.15. The Morgan fingerprint density at radius 3 is 2.56 bits per heavy atom. The number of hydrogen-bond acceptors (Lipinski definition) is 2. The first-order valence-electron chi connectivity index (χ1n) is 6.82. The predicted molar refractivity (Wildman–Crippen MR) is 80.4 cm³/mol. The lowest BCUT2D eigenvalue weighted by molar-refractivity contribution is 0.301. The first-order valence-corrected chi connectivity index (χ1v) is 7.19. The van der Waals surface area contributed by atoms with Gasteiger partial charge in [-0.25, -0.2) is 0 Å². The first kappa shape index (κ1) is 13.5. The maximum atomic E-state index is 6.15. The number of halogens is 1. The van der Waals surface area contributed by atoms with Crippen molar-refractivity contribution in [3.8, 4) is 0 Å². The van der Waals surface area contributed by atoms with Gasteiger partial charge in [-0.2, -0.15) is 0 Å². The maximum Gasteiger partial charge on any atom is 0.0656 e. The van der Waals surface area contributed by atoms with E-state index in [1.54, 1.807) is 0 Å². The van der Waals surface area contributed by atoms with Gasteiger partial charge in [0.2, 0.25) is 0 Å². The molecule has 0 amide bonds. The number of nitrogens with zero attached hydrogens (tertiary/aromatic N) is 1. The van der Waals surface area contributed by atoms with Gasteiger partial charge in [-0.1, -0.05) is 25.4 Å². The van der Waals surface area contributed by atoms with Crippen molar-refractivity contribution in [1.82, 2.24) is 0 Å². The van der Waals surface area contributed by atoms with E-state index in [1.807, 2.05) is 12.1 Å². The van der Waals surface area contributed by atoms with Gasteiger partial charge in [0.05, 0.1) is 10.7 Å². The molecule has 2 rings (SSSR count). The highest BCUT2D eigenvalue weighted by atomic mass is 35.5. The van der Waals surface area contributed by atoms with Gasteiger partial charge in [-0.15, -0.1) is 0 Å². The molecule has 18 heavy (non-hydrogen) atoms. The van der Waals surface area contributed by atoms with E-state index in [-0.39, 0.29) is 0 Å². The van der Waals surface area contributed by atoms with Crippen molar-refractivity contribution < 1.29 is 0 Å². The largest absolute Gasteiger partial charge is 0.398 e. The molecule has 1 aromatic carbocycles. The van der Waals surface area contributed by atoms with Crippen molar-refractivity contribution in [3.63, 3.8) is 0 Å². The minimum Gasteiger partial charge on any atom is -0.398 e. The second-order valence-electron chi connectivity index (χ2n) is 5.54. The highest BCUT2D eigenvalue weighted by Crippen LogP contribution is 2.41. The standard InChI is InChI=1S/C15H23ClN2/c1-4-15(5-2)6-7-18(10-15)14-9-12(16)13(17)8-11(14)3/h8-9H,4-7,10,17H2,1-3H3. The van der Waals surface area contributed by atoms with Crippen LogP contribution in [0.2, 0.25) is 5.02 Å². The SMILES string of the molecule is CCC1(CC)CCN(c2cc(Cl)c(N)cc2C)C1. The van der Waals surface area contributed by atoms with Gasteiger partial charge in [0, 0.05) is 18.8 Å². The lowest BCUT2D eigenvalue weighted by atomic mass is 9.82. The second-order valence-corrected chi connectivity index (χ2v) is 5.95. The first-order chi connectivity index (χ1) is 8.51. The molecule has 0 spiro atoms. The number of benzene rings is 1. The van der Waals surface area contributed by atoms with Crippen LogP contribution in [0, 0.1) is 12.3 Å². The summed E-state index contributed by atoms with van der Waals surface area (Å²) in [6.45, 7) is 8.98. The third-order valence-electron chi connectivity index (χ3n) is 4.59. The Morgan fingerprint density at radius 1 is 1.33 bits per heavy atom. The number of rotatable bonds is 3. The van der Waals surface area contributed by atoms with Gasteiger partial charge < -0.3 is 10.6 Å². The molecule has 1 aliphatic rings. The van der Waals surface area contributed by atoms with Crippen molar-refractivity contribution in [1.29, 1.82) is 0 Å². The Labute approximate surface area is 115 Å². The van der Waals surface area contributed by atoms with Gasteiger partial charge in [-0.3, -0.25) is 0 Å². The van der Waals surface area contributed by atoms with E-state index in [1.165, 1.54) is 30.5 Å². The Bertz CT molecular complexity index is 438. The third-order valence-corrected chi connectivity index (χ3v) is 4.92. The van der Waals surface area contributed by atoms with Crippen molar-refractivity contribution in [2.45, 2.75) is 40.0 Å². The van der Waals surface area contributed by atoms with Crippen LogP contribution in [0.15, 0.2) is 12.1 Å². The summed E-state index contributed by atoms with van der Waals surface area (Å²) in [4.78, 5) is 2.47. The van der Waals surface area contributed by atoms with E-state index < -0.39 is 0 Å². The fourth-order valence-corrected chi connectivity index (χ4v) is 3.16. The normalized spacial score (nSPS) is 18.3. The predicted octanol–water partition coefficient (Wildman–Crippen LogP) is 4.25. The average Bonchev–Trinajstić information content (AvgIpc) is 2.79. The van der Waals surface area contributed by atoms with Gasteiger partial charge in [0.25, 0.3) is 0 Å². The third kappa shape index (κ3) is 2.31. The molecule has 1 aromatic rings. The molecule has 0 radical (unpaired) electrons. The van der Waals surface area contributed by atoms with Crippen LogP contribution in [-0.4, -0.2) is 13.1 Å². The molecule has 1 aliphatic heterocycles. The number of nitrogens with two attached hydrogens (primary N) is 1. The molecule has 1 fully saturated rings. The van der Waals surface area contributed by atoms with Crippen LogP contribution in [0.5, 0.6) is 0 Å². The highest BCUT2D eigenvalue weighted by Gasteiger charge is 2.35. The molecule has 1 heterocycles. The Hall–Kier alpha value is -0.890. The molecule has 0 unspecified atom stereocenters. The average molecular weight is 267 g/mol. The molecule has 2 nitrogen and oxygen atoms in total. The molecule has 3 heteroatoms.